The zero-order valence-electron chi connectivity index (χ0n) is 11.4. The number of rotatable bonds is 5. The number of carbonyl (C=O) groups is 2. The Morgan fingerprint density at radius 1 is 1.38 bits per heavy atom. The van der Waals surface area contributed by atoms with Crippen molar-refractivity contribution in [3.63, 3.8) is 0 Å². The van der Waals surface area contributed by atoms with Gasteiger partial charge in [0, 0.05) is 0 Å². The lowest BCUT2D eigenvalue weighted by molar-refractivity contribution is 0.0690. The summed E-state index contributed by atoms with van der Waals surface area (Å²) in [6, 6.07) is 10.2. The van der Waals surface area contributed by atoms with Crippen molar-refractivity contribution in [3.8, 4) is 0 Å². The number of nitrogens with zero attached hydrogens (tertiary/aromatic N) is 1. The summed E-state index contributed by atoms with van der Waals surface area (Å²) in [5.41, 5.74) is 1.27. The standard InChI is InChI=1S/C14H15N3O4/c1-9(11-7-12(13(18)19)17-16-11)15-14(20)21-8-10-5-3-2-4-6-10/h2-7,9H,8H2,1H3,(H,15,20)(H,16,17)(H,18,19). The molecule has 0 saturated heterocycles. The SMILES string of the molecule is CC(NC(=O)OCc1ccccc1)c1cc(C(=O)O)n[nH]1. The summed E-state index contributed by atoms with van der Waals surface area (Å²) < 4.78 is 5.07. The number of carboxylic acids is 1. The molecule has 3 N–H and O–H groups in total. The number of H-pyrrole nitrogens is 1. The number of carboxylic acid groups (broad SMARTS) is 1. The summed E-state index contributed by atoms with van der Waals surface area (Å²) in [6.45, 7) is 1.87. The average molecular weight is 289 g/mol. The van der Waals surface area contributed by atoms with Crippen molar-refractivity contribution in [1.82, 2.24) is 15.5 Å². The van der Waals surface area contributed by atoms with E-state index in [1.165, 1.54) is 6.07 Å². The summed E-state index contributed by atoms with van der Waals surface area (Å²) >= 11 is 0. The molecule has 1 amide bonds. The molecular formula is C14H15N3O4. The van der Waals surface area contributed by atoms with E-state index in [4.69, 9.17) is 9.84 Å². The van der Waals surface area contributed by atoms with Crippen LogP contribution in [0.25, 0.3) is 0 Å². The highest BCUT2D eigenvalue weighted by molar-refractivity contribution is 5.85. The van der Waals surface area contributed by atoms with Gasteiger partial charge in [-0.3, -0.25) is 5.10 Å². The molecule has 0 aliphatic heterocycles. The quantitative estimate of drug-likeness (QED) is 0.781. The Labute approximate surface area is 120 Å². The minimum Gasteiger partial charge on any atom is -0.476 e. The van der Waals surface area contributed by atoms with Crippen molar-refractivity contribution in [1.29, 1.82) is 0 Å². The molecule has 7 nitrogen and oxygen atoms in total. The van der Waals surface area contributed by atoms with Crippen molar-refractivity contribution in [2.45, 2.75) is 19.6 Å². The maximum absolute atomic E-state index is 11.7. The number of aromatic nitrogens is 2. The van der Waals surface area contributed by atoms with Crippen LogP contribution in [0.2, 0.25) is 0 Å². The van der Waals surface area contributed by atoms with Gasteiger partial charge in [-0.2, -0.15) is 5.10 Å². The van der Waals surface area contributed by atoms with Crippen LogP contribution in [0.15, 0.2) is 36.4 Å². The number of alkyl carbamates (subject to hydrolysis) is 1. The summed E-state index contributed by atoms with van der Waals surface area (Å²) in [7, 11) is 0. The number of nitrogens with one attached hydrogen (secondary N) is 2. The minimum atomic E-state index is -1.13. The van der Waals surface area contributed by atoms with Gasteiger partial charge in [-0.05, 0) is 18.6 Å². The number of amides is 1. The molecule has 0 aliphatic carbocycles. The second-order valence-corrected chi connectivity index (χ2v) is 4.44. The van der Waals surface area contributed by atoms with E-state index in [9.17, 15) is 9.59 Å². The topological polar surface area (TPSA) is 104 Å². The van der Waals surface area contributed by atoms with Gasteiger partial charge >= 0.3 is 12.1 Å². The van der Waals surface area contributed by atoms with Gasteiger partial charge < -0.3 is 15.2 Å². The average Bonchev–Trinajstić information content (AvgIpc) is 2.96. The van der Waals surface area contributed by atoms with Crippen LogP contribution in [0, 0.1) is 0 Å². The molecule has 21 heavy (non-hydrogen) atoms. The second kappa shape index (κ2) is 6.56. The van der Waals surface area contributed by atoms with Crippen LogP contribution in [0.5, 0.6) is 0 Å². The van der Waals surface area contributed by atoms with Crippen LogP contribution in [-0.4, -0.2) is 27.4 Å². The first-order valence-corrected chi connectivity index (χ1v) is 6.32. The Hall–Kier alpha value is -2.83. The zero-order valence-corrected chi connectivity index (χ0v) is 11.4. The van der Waals surface area contributed by atoms with E-state index in [0.29, 0.717) is 5.69 Å². The number of carbonyl (C=O) groups excluding carboxylic acids is 1. The predicted octanol–water partition coefficient (Wildman–Crippen LogP) is 2.10. The van der Waals surface area contributed by atoms with Gasteiger partial charge in [-0.15, -0.1) is 0 Å². The summed E-state index contributed by atoms with van der Waals surface area (Å²) in [5, 5.41) is 17.6. The fourth-order valence-electron chi connectivity index (χ4n) is 1.69. The van der Waals surface area contributed by atoms with E-state index in [-0.39, 0.29) is 12.3 Å². The minimum absolute atomic E-state index is 0.101. The van der Waals surface area contributed by atoms with Crippen molar-refractivity contribution >= 4 is 12.1 Å². The third-order valence-corrected chi connectivity index (χ3v) is 2.83. The van der Waals surface area contributed by atoms with E-state index >= 15 is 0 Å². The molecule has 2 rings (SSSR count). The molecule has 2 aromatic rings. The van der Waals surface area contributed by atoms with Crippen LogP contribution in [0.4, 0.5) is 4.79 Å². The highest BCUT2D eigenvalue weighted by atomic mass is 16.5. The summed E-state index contributed by atoms with van der Waals surface area (Å²) in [4.78, 5) is 22.4. The smallest absolute Gasteiger partial charge is 0.407 e. The number of aromatic carboxylic acids is 1. The normalized spacial score (nSPS) is 11.7. The predicted molar refractivity (Wildman–Crippen MR) is 73.7 cm³/mol. The second-order valence-electron chi connectivity index (χ2n) is 4.44. The Bertz CT molecular complexity index is 624. The van der Waals surface area contributed by atoms with Crippen LogP contribution < -0.4 is 5.32 Å². The molecule has 110 valence electrons. The molecular weight excluding hydrogens is 274 g/mol. The Kier molecular flexibility index (Phi) is 4.55. The molecule has 1 aromatic carbocycles. The Balaban J connectivity index is 1.85. The van der Waals surface area contributed by atoms with E-state index in [1.54, 1.807) is 6.92 Å². The maximum atomic E-state index is 11.7. The van der Waals surface area contributed by atoms with Gasteiger partial charge in [0.1, 0.15) is 6.61 Å². The molecule has 0 spiro atoms. The fraction of sp³-hybridized carbons (Fsp3) is 0.214. The fourth-order valence-corrected chi connectivity index (χ4v) is 1.69. The van der Waals surface area contributed by atoms with E-state index in [0.717, 1.165) is 5.56 Å². The van der Waals surface area contributed by atoms with Gasteiger partial charge in [0.25, 0.3) is 0 Å². The molecule has 0 saturated carbocycles. The monoisotopic (exact) mass is 289 g/mol. The van der Waals surface area contributed by atoms with Crippen LogP contribution >= 0.6 is 0 Å². The lowest BCUT2D eigenvalue weighted by atomic mass is 10.2. The first-order valence-electron chi connectivity index (χ1n) is 6.32. The Morgan fingerprint density at radius 3 is 2.71 bits per heavy atom. The Morgan fingerprint density at radius 2 is 2.10 bits per heavy atom. The van der Waals surface area contributed by atoms with Crippen molar-refractivity contribution < 1.29 is 19.4 Å². The molecule has 0 radical (unpaired) electrons. The number of hydrogen-bond donors (Lipinski definition) is 3. The summed E-state index contributed by atoms with van der Waals surface area (Å²) in [5.74, 6) is -1.13. The van der Waals surface area contributed by atoms with Crippen LogP contribution in [0.1, 0.15) is 34.7 Å². The molecule has 1 unspecified atom stereocenters. The zero-order chi connectivity index (χ0) is 15.2. The lowest BCUT2D eigenvalue weighted by Crippen LogP contribution is -2.27. The molecule has 1 heterocycles. The van der Waals surface area contributed by atoms with Crippen LogP contribution in [0.3, 0.4) is 0 Å². The third kappa shape index (κ3) is 4.07. The largest absolute Gasteiger partial charge is 0.476 e. The van der Waals surface area contributed by atoms with E-state index in [1.807, 2.05) is 30.3 Å². The molecule has 0 fully saturated rings. The van der Waals surface area contributed by atoms with Gasteiger partial charge in [-0.25, -0.2) is 9.59 Å². The molecule has 1 atom stereocenters. The van der Waals surface area contributed by atoms with Gasteiger partial charge in [-0.1, -0.05) is 30.3 Å². The number of ether oxygens (including phenoxy) is 1. The molecule has 1 aromatic heterocycles. The maximum Gasteiger partial charge on any atom is 0.407 e. The van der Waals surface area contributed by atoms with E-state index < -0.39 is 18.1 Å². The number of benzene rings is 1. The first-order chi connectivity index (χ1) is 10.1. The number of hydrogen-bond acceptors (Lipinski definition) is 4. The molecule has 0 bridgehead atoms. The lowest BCUT2D eigenvalue weighted by Gasteiger charge is -2.12. The van der Waals surface area contributed by atoms with Crippen molar-refractivity contribution in [3.05, 3.63) is 53.3 Å². The van der Waals surface area contributed by atoms with E-state index in [2.05, 4.69) is 15.5 Å². The van der Waals surface area contributed by atoms with Crippen molar-refractivity contribution in [2.75, 3.05) is 0 Å². The highest BCUT2D eigenvalue weighted by Crippen LogP contribution is 2.11. The third-order valence-electron chi connectivity index (χ3n) is 2.83. The first kappa shape index (κ1) is 14.6. The van der Waals surface area contributed by atoms with Gasteiger partial charge in [0.05, 0.1) is 11.7 Å². The molecule has 7 heteroatoms. The van der Waals surface area contributed by atoms with Crippen molar-refractivity contribution in [2.24, 2.45) is 0 Å². The summed E-state index contributed by atoms with van der Waals surface area (Å²) in [6.07, 6.45) is -0.585. The molecule has 0 aliphatic rings. The number of aromatic amines is 1. The highest BCUT2D eigenvalue weighted by Gasteiger charge is 2.15. The van der Waals surface area contributed by atoms with Crippen LogP contribution in [-0.2, 0) is 11.3 Å². The van der Waals surface area contributed by atoms with Gasteiger partial charge in [0.2, 0.25) is 0 Å². The van der Waals surface area contributed by atoms with Gasteiger partial charge in [0.15, 0.2) is 5.69 Å².